The monoisotopic (exact) mass is 124 g/mol. The SMILES string of the molecule is CC(C#N)N(C)C1CC1. The molecule has 50 valence electrons. The maximum absolute atomic E-state index is 8.49. The van der Waals surface area contributed by atoms with Crippen molar-refractivity contribution in [3.63, 3.8) is 0 Å². The second-order valence-corrected chi connectivity index (χ2v) is 2.70. The minimum atomic E-state index is 0.0949. The highest BCUT2D eigenvalue weighted by atomic mass is 15.2. The zero-order chi connectivity index (χ0) is 6.85. The van der Waals surface area contributed by atoms with Gasteiger partial charge in [0.15, 0.2) is 0 Å². The summed E-state index contributed by atoms with van der Waals surface area (Å²) in [6, 6.07) is 3.01. The van der Waals surface area contributed by atoms with Gasteiger partial charge in [-0.05, 0) is 26.8 Å². The molecular formula is C7H12N2. The number of hydrogen-bond acceptors (Lipinski definition) is 2. The van der Waals surface area contributed by atoms with Crippen molar-refractivity contribution in [1.29, 1.82) is 5.26 Å². The van der Waals surface area contributed by atoms with E-state index in [4.69, 9.17) is 5.26 Å². The van der Waals surface area contributed by atoms with Crippen molar-refractivity contribution in [2.75, 3.05) is 7.05 Å². The molecule has 1 unspecified atom stereocenters. The predicted molar refractivity (Wildman–Crippen MR) is 35.9 cm³/mol. The molecular weight excluding hydrogens is 112 g/mol. The van der Waals surface area contributed by atoms with Crippen LogP contribution in [0.4, 0.5) is 0 Å². The molecule has 2 heteroatoms. The van der Waals surface area contributed by atoms with E-state index in [2.05, 4.69) is 11.0 Å². The Morgan fingerprint density at radius 1 is 1.67 bits per heavy atom. The van der Waals surface area contributed by atoms with Crippen LogP contribution in [0.25, 0.3) is 0 Å². The highest BCUT2D eigenvalue weighted by Crippen LogP contribution is 2.26. The molecule has 0 aliphatic heterocycles. The summed E-state index contributed by atoms with van der Waals surface area (Å²) < 4.78 is 0. The van der Waals surface area contributed by atoms with Crippen LogP contribution in [0.1, 0.15) is 19.8 Å². The van der Waals surface area contributed by atoms with Crippen LogP contribution in [-0.2, 0) is 0 Å². The second kappa shape index (κ2) is 2.36. The third kappa shape index (κ3) is 1.43. The molecule has 1 atom stereocenters. The van der Waals surface area contributed by atoms with Crippen molar-refractivity contribution in [2.45, 2.75) is 31.8 Å². The number of nitrogens with zero attached hydrogens (tertiary/aromatic N) is 2. The smallest absolute Gasteiger partial charge is 0.0949 e. The Bertz CT molecular complexity index is 132. The average Bonchev–Trinajstić information content (AvgIpc) is 2.66. The summed E-state index contributed by atoms with van der Waals surface area (Å²) in [6.45, 7) is 1.94. The zero-order valence-corrected chi connectivity index (χ0v) is 5.96. The molecule has 0 radical (unpaired) electrons. The molecule has 9 heavy (non-hydrogen) atoms. The molecule has 1 aliphatic rings. The van der Waals surface area contributed by atoms with Crippen LogP contribution in [0.15, 0.2) is 0 Å². The van der Waals surface area contributed by atoms with Gasteiger partial charge in [0.05, 0.1) is 12.1 Å². The lowest BCUT2D eigenvalue weighted by molar-refractivity contribution is 0.292. The fourth-order valence-electron chi connectivity index (χ4n) is 0.889. The molecule has 0 heterocycles. The van der Waals surface area contributed by atoms with E-state index in [1.807, 2.05) is 14.0 Å². The van der Waals surface area contributed by atoms with Gasteiger partial charge < -0.3 is 0 Å². The Morgan fingerprint density at radius 3 is 2.56 bits per heavy atom. The van der Waals surface area contributed by atoms with Gasteiger partial charge in [-0.1, -0.05) is 0 Å². The molecule has 0 N–H and O–H groups in total. The van der Waals surface area contributed by atoms with Gasteiger partial charge in [0.1, 0.15) is 0 Å². The summed E-state index contributed by atoms with van der Waals surface area (Å²) in [6.07, 6.45) is 2.56. The van der Waals surface area contributed by atoms with E-state index in [1.165, 1.54) is 12.8 Å². The first-order valence-electron chi connectivity index (χ1n) is 3.37. The van der Waals surface area contributed by atoms with E-state index < -0.39 is 0 Å². The fourth-order valence-corrected chi connectivity index (χ4v) is 0.889. The van der Waals surface area contributed by atoms with Crippen LogP contribution in [0.3, 0.4) is 0 Å². The highest BCUT2D eigenvalue weighted by molar-refractivity contribution is 4.94. The molecule has 0 aromatic rings. The Kier molecular flexibility index (Phi) is 1.73. The third-order valence-corrected chi connectivity index (χ3v) is 1.92. The molecule has 0 bridgehead atoms. The molecule has 0 aromatic carbocycles. The van der Waals surface area contributed by atoms with Crippen molar-refractivity contribution in [1.82, 2.24) is 4.90 Å². The minimum Gasteiger partial charge on any atom is -0.288 e. The van der Waals surface area contributed by atoms with E-state index in [-0.39, 0.29) is 6.04 Å². The first kappa shape index (κ1) is 6.57. The maximum Gasteiger partial charge on any atom is 0.0949 e. The zero-order valence-electron chi connectivity index (χ0n) is 5.96. The summed E-state index contributed by atoms with van der Waals surface area (Å²) in [4.78, 5) is 2.14. The summed E-state index contributed by atoms with van der Waals surface area (Å²) in [5.41, 5.74) is 0. The van der Waals surface area contributed by atoms with E-state index >= 15 is 0 Å². The van der Waals surface area contributed by atoms with Gasteiger partial charge in [-0.3, -0.25) is 4.90 Å². The predicted octanol–water partition coefficient (Wildman–Crippen LogP) is 0.993. The lowest BCUT2D eigenvalue weighted by Gasteiger charge is -2.16. The summed E-state index contributed by atoms with van der Waals surface area (Å²) in [5, 5.41) is 8.49. The highest BCUT2D eigenvalue weighted by Gasteiger charge is 2.28. The molecule has 1 fully saturated rings. The number of rotatable bonds is 2. The molecule has 0 spiro atoms. The Hall–Kier alpha value is -0.550. The standard InChI is InChI=1S/C7H12N2/c1-6(5-8)9(2)7-3-4-7/h6-7H,3-4H2,1-2H3. The summed E-state index contributed by atoms with van der Waals surface area (Å²) in [5.74, 6) is 0. The molecule has 0 saturated heterocycles. The molecule has 1 rings (SSSR count). The van der Waals surface area contributed by atoms with Crippen LogP contribution in [-0.4, -0.2) is 24.0 Å². The largest absolute Gasteiger partial charge is 0.288 e. The average molecular weight is 124 g/mol. The van der Waals surface area contributed by atoms with Gasteiger partial charge in [-0.25, -0.2) is 0 Å². The van der Waals surface area contributed by atoms with Crippen LogP contribution < -0.4 is 0 Å². The van der Waals surface area contributed by atoms with E-state index in [9.17, 15) is 0 Å². The normalized spacial score (nSPS) is 21.6. The lowest BCUT2D eigenvalue weighted by Crippen LogP contribution is -2.29. The van der Waals surface area contributed by atoms with Gasteiger partial charge in [-0.2, -0.15) is 5.26 Å². The van der Waals surface area contributed by atoms with Crippen LogP contribution >= 0.6 is 0 Å². The maximum atomic E-state index is 8.49. The summed E-state index contributed by atoms with van der Waals surface area (Å²) in [7, 11) is 2.02. The van der Waals surface area contributed by atoms with Crippen molar-refractivity contribution >= 4 is 0 Å². The fraction of sp³-hybridized carbons (Fsp3) is 0.857. The van der Waals surface area contributed by atoms with Gasteiger partial charge >= 0.3 is 0 Å². The van der Waals surface area contributed by atoms with Crippen LogP contribution in [0.2, 0.25) is 0 Å². The van der Waals surface area contributed by atoms with Gasteiger partial charge in [-0.15, -0.1) is 0 Å². The molecule has 2 nitrogen and oxygen atoms in total. The Morgan fingerprint density at radius 2 is 2.22 bits per heavy atom. The number of hydrogen-bond donors (Lipinski definition) is 0. The summed E-state index contributed by atoms with van der Waals surface area (Å²) >= 11 is 0. The van der Waals surface area contributed by atoms with Crippen molar-refractivity contribution in [3.8, 4) is 6.07 Å². The minimum absolute atomic E-state index is 0.0949. The quantitative estimate of drug-likeness (QED) is 0.549. The Labute approximate surface area is 56.1 Å². The molecule has 0 amide bonds. The van der Waals surface area contributed by atoms with E-state index in [0.717, 1.165) is 0 Å². The van der Waals surface area contributed by atoms with Gasteiger partial charge in [0.2, 0.25) is 0 Å². The van der Waals surface area contributed by atoms with E-state index in [1.54, 1.807) is 0 Å². The topological polar surface area (TPSA) is 27.0 Å². The van der Waals surface area contributed by atoms with E-state index in [0.29, 0.717) is 6.04 Å². The van der Waals surface area contributed by atoms with Crippen molar-refractivity contribution < 1.29 is 0 Å². The van der Waals surface area contributed by atoms with Crippen molar-refractivity contribution in [2.24, 2.45) is 0 Å². The molecule has 0 aromatic heterocycles. The van der Waals surface area contributed by atoms with Gasteiger partial charge in [0.25, 0.3) is 0 Å². The van der Waals surface area contributed by atoms with Crippen molar-refractivity contribution in [3.05, 3.63) is 0 Å². The second-order valence-electron chi connectivity index (χ2n) is 2.70. The lowest BCUT2D eigenvalue weighted by atomic mass is 10.3. The molecule has 1 saturated carbocycles. The first-order valence-corrected chi connectivity index (χ1v) is 3.37. The third-order valence-electron chi connectivity index (χ3n) is 1.92. The van der Waals surface area contributed by atoms with Gasteiger partial charge in [0, 0.05) is 6.04 Å². The number of nitriles is 1. The van der Waals surface area contributed by atoms with Crippen LogP contribution in [0.5, 0.6) is 0 Å². The molecule has 1 aliphatic carbocycles. The first-order chi connectivity index (χ1) is 4.25. The Balaban J connectivity index is 2.32. The van der Waals surface area contributed by atoms with Crippen LogP contribution in [0, 0.1) is 11.3 Å².